The van der Waals surface area contributed by atoms with Crippen molar-refractivity contribution in [2.24, 2.45) is 10.7 Å². The Morgan fingerprint density at radius 2 is 2.07 bits per heavy atom. The molecule has 0 bridgehead atoms. The van der Waals surface area contributed by atoms with Gasteiger partial charge in [0.15, 0.2) is 0 Å². The number of aliphatic imine (C=N–C) groups is 1. The van der Waals surface area contributed by atoms with Gasteiger partial charge in [-0.15, -0.1) is 0 Å². The Bertz CT molecular complexity index is 329. The van der Waals surface area contributed by atoms with E-state index in [1.54, 1.807) is 0 Å². The van der Waals surface area contributed by atoms with E-state index in [9.17, 15) is 0 Å². The van der Waals surface area contributed by atoms with Gasteiger partial charge in [0.2, 0.25) is 0 Å². The minimum atomic E-state index is 0.764. The molecule has 3 nitrogen and oxygen atoms in total. The third kappa shape index (κ3) is 2.57. The number of anilines is 1. The van der Waals surface area contributed by atoms with Crippen LogP contribution in [0.25, 0.3) is 0 Å². The molecule has 80 valence electrons. The second-order valence-electron chi connectivity index (χ2n) is 3.77. The smallest absolute Gasteiger partial charge is 0.0895 e. The lowest BCUT2D eigenvalue weighted by Crippen LogP contribution is -2.17. The van der Waals surface area contributed by atoms with Crippen LogP contribution in [0.4, 0.5) is 5.69 Å². The number of nitrogens with zero attached hydrogens (tertiary/aromatic N) is 2. The molecular formula is C12H17N3. The van der Waals surface area contributed by atoms with Gasteiger partial charge in [0, 0.05) is 12.2 Å². The lowest BCUT2D eigenvalue weighted by molar-refractivity contribution is 0.832. The van der Waals surface area contributed by atoms with Gasteiger partial charge in [0.25, 0.3) is 0 Å². The van der Waals surface area contributed by atoms with E-state index in [0.717, 1.165) is 32.5 Å². The Kier molecular flexibility index (Phi) is 3.35. The SMILES string of the molecule is NCCCc1ccc(N2C=NCC2)cc1. The Morgan fingerprint density at radius 3 is 2.67 bits per heavy atom. The van der Waals surface area contributed by atoms with Gasteiger partial charge in [-0.3, -0.25) is 4.99 Å². The Labute approximate surface area is 90.6 Å². The van der Waals surface area contributed by atoms with E-state index in [1.807, 2.05) is 6.34 Å². The highest BCUT2D eigenvalue weighted by atomic mass is 15.2. The zero-order valence-corrected chi connectivity index (χ0v) is 8.89. The van der Waals surface area contributed by atoms with E-state index in [2.05, 4.69) is 34.2 Å². The van der Waals surface area contributed by atoms with Crippen molar-refractivity contribution in [3.05, 3.63) is 29.8 Å². The number of hydrogen-bond acceptors (Lipinski definition) is 3. The van der Waals surface area contributed by atoms with E-state index < -0.39 is 0 Å². The fourth-order valence-corrected chi connectivity index (χ4v) is 1.74. The number of rotatable bonds is 4. The summed E-state index contributed by atoms with van der Waals surface area (Å²) in [5, 5.41) is 0. The summed E-state index contributed by atoms with van der Waals surface area (Å²) < 4.78 is 0. The van der Waals surface area contributed by atoms with Crippen molar-refractivity contribution in [2.45, 2.75) is 12.8 Å². The van der Waals surface area contributed by atoms with Crippen LogP contribution < -0.4 is 10.6 Å². The fraction of sp³-hybridized carbons (Fsp3) is 0.417. The molecule has 0 atom stereocenters. The number of nitrogens with two attached hydrogens (primary N) is 1. The summed E-state index contributed by atoms with van der Waals surface area (Å²) in [6.07, 6.45) is 4.05. The Balaban J connectivity index is 2.00. The highest BCUT2D eigenvalue weighted by Gasteiger charge is 2.06. The van der Waals surface area contributed by atoms with Gasteiger partial charge >= 0.3 is 0 Å². The molecule has 1 aromatic rings. The molecule has 1 aromatic carbocycles. The van der Waals surface area contributed by atoms with Crippen LogP contribution in [0.15, 0.2) is 29.3 Å². The van der Waals surface area contributed by atoms with E-state index in [0.29, 0.717) is 0 Å². The highest BCUT2D eigenvalue weighted by molar-refractivity contribution is 5.80. The molecule has 1 aliphatic heterocycles. The Morgan fingerprint density at radius 1 is 1.27 bits per heavy atom. The highest BCUT2D eigenvalue weighted by Crippen LogP contribution is 2.16. The summed E-state index contributed by atoms with van der Waals surface area (Å²) in [5.41, 5.74) is 8.07. The van der Waals surface area contributed by atoms with Crippen molar-refractivity contribution < 1.29 is 0 Å². The third-order valence-electron chi connectivity index (χ3n) is 2.63. The van der Waals surface area contributed by atoms with Crippen LogP contribution in [0, 0.1) is 0 Å². The molecule has 0 saturated heterocycles. The summed E-state index contributed by atoms with van der Waals surface area (Å²) in [4.78, 5) is 6.37. The fourth-order valence-electron chi connectivity index (χ4n) is 1.74. The van der Waals surface area contributed by atoms with Gasteiger partial charge in [0.1, 0.15) is 0 Å². The molecule has 0 aliphatic carbocycles. The summed E-state index contributed by atoms with van der Waals surface area (Å²) in [7, 11) is 0. The second kappa shape index (κ2) is 4.94. The lowest BCUT2D eigenvalue weighted by atomic mass is 10.1. The van der Waals surface area contributed by atoms with Gasteiger partial charge in [-0.05, 0) is 37.1 Å². The molecule has 15 heavy (non-hydrogen) atoms. The van der Waals surface area contributed by atoms with Crippen molar-refractivity contribution in [3.63, 3.8) is 0 Å². The summed E-state index contributed by atoms with van der Waals surface area (Å²) in [6.45, 7) is 2.68. The van der Waals surface area contributed by atoms with Crippen molar-refractivity contribution in [1.82, 2.24) is 0 Å². The number of hydrogen-bond donors (Lipinski definition) is 1. The number of aryl methyl sites for hydroxylation is 1. The zero-order chi connectivity index (χ0) is 10.5. The van der Waals surface area contributed by atoms with E-state index >= 15 is 0 Å². The molecule has 0 aromatic heterocycles. The van der Waals surface area contributed by atoms with E-state index in [-0.39, 0.29) is 0 Å². The normalized spacial score (nSPS) is 14.9. The van der Waals surface area contributed by atoms with Gasteiger partial charge < -0.3 is 10.6 Å². The van der Waals surface area contributed by atoms with Crippen LogP contribution in [0.5, 0.6) is 0 Å². The minimum Gasteiger partial charge on any atom is -0.331 e. The van der Waals surface area contributed by atoms with Crippen LogP contribution in [-0.2, 0) is 6.42 Å². The second-order valence-corrected chi connectivity index (χ2v) is 3.77. The van der Waals surface area contributed by atoms with Gasteiger partial charge in [-0.1, -0.05) is 12.1 Å². The van der Waals surface area contributed by atoms with Crippen LogP contribution in [0.3, 0.4) is 0 Å². The van der Waals surface area contributed by atoms with Crippen LogP contribution >= 0.6 is 0 Å². The quantitative estimate of drug-likeness (QED) is 0.804. The van der Waals surface area contributed by atoms with Crippen molar-refractivity contribution in [1.29, 1.82) is 0 Å². The molecule has 0 unspecified atom stereocenters. The van der Waals surface area contributed by atoms with Crippen molar-refractivity contribution >= 4 is 12.0 Å². The molecule has 0 saturated carbocycles. The summed E-state index contributed by atoms with van der Waals surface area (Å²) in [6, 6.07) is 8.67. The average molecular weight is 203 g/mol. The largest absolute Gasteiger partial charge is 0.331 e. The van der Waals surface area contributed by atoms with Crippen LogP contribution in [-0.4, -0.2) is 26.0 Å². The van der Waals surface area contributed by atoms with E-state index in [4.69, 9.17) is 5.73 Å². The topological polar surface area (TPSA) is 41.6 Å². The molecule has 0 amide bonds. The maximum absolute atomic E-state index is 5.48. The molecule has 2 rings (SSSR count). The van der Waals surface area contributed by atoms with Gasteiger partial charge in [-0.25, -0.2) is 0 Å². The van der Waals surface area contributed by atoms with Gasteiger partial charge in [-0.2, -0.15) is 0 Å². The Hall–Kier alpha value is -1.35. The molecule has 1 aliphatic rings. The lowest BCUT2D eigenvalue weighted by Gasteiger charge is -2.14. The molecule has 0 radical (unpaired) electrons. The predicted octanol–water partition coefficient (Wildman–Crippen LogP) is 1.43. The maximum Gasteiger partial charge on any atom is 0.0895 e. The summed E-state index contributed by atoms with van der Waals surface area (Å²) >= 11 is 0. The first-order valence-electron chi connectivity index (χ1n) is 5.46. The minimum absolute atomic E-state index is 0.764. The van der Waals surface area contributed by atoms with E-state index in [1.165, 1.54) is 11.3 Å². The molecular weight excluding hydrogens is 186 g/mol. The van der Waals surface area contributed by atoms with Crippen molar-refractivity contribution in [3.8, 4) is 0 Å². The number of benzene rings is 1. The zero-order valence-electron chi connectivity index (χ0n) is 8.89. The molecule has 3 heteroatoms. The predicted molar refractivity (Wildman–Crippen MR) is 64.5 cm³/mol. The first-order chi connectivity index (χ1) is 7.40. The standard InChI is InChI=1S/C12H17N3/c13-7-1-2-11-3-5-12(6-4-11)15-9-8-14-10-15/h3-6,10H,1-2,7-9,13H2. The molecule has 0 spiro atoms. The molecule has 0 fully saturated rings. The third-order valence-corrected chi connectivity index (χ3v) is 2.63. The van der Waals surface area contributed by atoms with Crippen molar-refractivity contribution in [2.75, 3.05) is 24.5 Å². The first kappa shape index (κ1) is 10.2. The average Bonchev–Trinajstić information content (AvgIpc) is 2.80. The van der Waals surface area contributed by atoms with Crippen LogP contribution in [0.2, 0.25) is 0 Å². The molecule has 2 N–H and O–H groups in total. The monoisotopic (exact) mass is 203 g/mol. The maximum atomic E-state index is 5.48. The summed E-state index contributed by atoms with van der Waals surface area (Å²) in [5.74, 6) is 0. The van der Waals surface area contributed by atoms with Gasteiger partial charge in [0.05, 0.1) is 12.9 Å². The molecule has 1 heterocycles. The van der Waals surface area contributed by atoms with Crippen LogP contribution in [0.1, 0.15) is 12.0 Å². The first-order valence-corrected chi connectivity index (χ1v) is 5.46.